The fourth-order valence-corrected chi connectivity index (χ4v) is 3.42. The lowest BCUT2D eigenvalue weighted by atomic mass is 10.2. The Morgan fingerprint density at radius 3 is 2.57 bits per heavy atom. The molecule has 162 valence electrons. The molecule has 0 amide bonds. The van der Waals surface area contributed by atoms with E-state index in [1.165, 1.54) is 11.1 Å². The summed E-state index contributed by atoms with van der Waals surface area (Å²) in [5.41, 5.74) is 2.42. The predicted octanol–water partition coefficient (Wildman–Crippen LogP) is 2.28. The quantitative estimate of drug-likeness (QED) is 0.395. The Bertz CT molecular complexity index is 800. The van der Waals surface area contributed by atoms with E-state index in [2.05, 4.69) is 62.5 Å². The van der Waals surface area contributed by atoms with Crippen molar-refractivity contribution in [2.24, 2.45) is 4.99 Å². The van der Waals surface area contributed by atoms with Crippen LogP contribution in [-0.4, -0.2) is 68.8 Å². The number of aromatic nitrogens is 1. The van der Waals surface area contributed by atoms with Crippen LogP contribution in [-0.2, 0) is 6.54 Å². The predicted molar refractivity (Wildman–Crippen MR) is 123 cm³/mol. The van der Waals surface area contributed by atoms with Crippen molar-refractivity contribution in [2.45, 2.75) is 20.4 Å². The van der Waals surface area contributed by atoms with Crippen molar-refractivity contribution in [1.29, 1.82) is 0 Å². The number of pyridine rings is 1. The van der Waals surface area contributed by atoms with Crippen LogP contribution in [0.2, 0.25) is 0 Å². The van der Waals surface area contributed by atoms with E-state index in [0.29, 0.717) is 19.7 Å². The number of aliphatic imine (C=N–C) groups is 1. The third-order valence-electron chi connectivity index (χ3n) is 5.32. The molecule has 3 rings (SSSR count). The van der Waals surface area contributed by atoms with E-state index in [4.69, 9.17) is 4.74 Å². The Labute approximate surface area is 180 Å². The van der Waals surface area contributed by atoms with Gasteiger partial charge in [-0.25, -0.2) is 4.98 Å². The van der Waals surface area contributed by atoms with Gasteiger partial charge in [-0.3, -0.25) is 4.99 Å². The van der Waals surface area contributed by atoms with Gasteiger partial charge in [-0.05, 0) is 43.3 Å². The number of rotatable bonds is 8. The number of nitrogens with zero attached hydrogens (tertiary/aromatic N) is 4. The fraction of sp³-hybridized carbons (Fsp3) is 0.478. The molecular formula is C23H34N6O. The second kappa shape index (κ2) is 11.4. The van der Waals surface area contributed by atoms with Crippen LogP contribution in [0.15, 0.2) is 47.6 Å². The Kier molecular flexibility index (Phi) is 8.32. The Morgan fingerprint density at radius 1 is 1.10 bits per heavy atom. The van der Waals surface area contributed by atoms with Gasteiger partial charge in [0.2, 0.25) is 0 Å². The lowest BCUT2D eigenvalue weighted by molar-refractivity contribution is 0.270. The summed E-state index contributed by atoms with van der Waals surface area (Å²) in [5.74, 6) is 2.70. The summed E-state index contributed by atoms with van der Waals surface area (Å²) in [7, 11) is 1.78. The first-order valence-electron chi connectivity index (χ1n) is 10.7. The van der Waals surface area contributed by atoms with Crippen LogP contribution in [0.1, 0.15) is 18.1 Å². The minimum atomic E-state index is 0.576. The van der Waals surface area contributed by atoms with Crippen molar-refractivity contribution in [2.75, 3.05) is 57.8 Å². The summed E-state index contributed by atoms with van der Waals surface area (Å²) in [6.07, 6.45) is 1.89. The Hall–Kier alpha value is -2.80. The maximum Gasteiger partial charge on any atom is 0.191 e. The van der Waals surface area contributed by atoms with Gasteiger partial charge in [-0.15, -0.1) is 0 Å². The van der Waals surface area contributed by atoms with E-state index in [0.717, 1.165) is 50.3 Å². The highest BCUT2D eigenvalue weighted by molar-refractivity contribution is 5.79. The zero-order valence-electron chi connectivity index (χ0n) is 18.4. The van der Waals surface area contributed by atoms with Crippen LogP contribution in [0.4, 0.5) is 5.82 Å². The first kappa shape index (κ1) is 21.9. The molecular weight excluding hydrogens is 376 g/mol. The number of likely N-dealkylation sites (N-methyl/N-ethyl adjacent to an activating group) is 1. The van der Waals surface area contributed by atoms with E-state index < -0.39 is 0 Å². The molecule has 0 unspecified atom stereocenters. The highest BCUT2D eigenvalue weighted by atomic mass is 16.5. The Morgan fingerprint density at radius 2 is 1.87 bits per heavy atom. The smallest absolute Gasteiger partial charge is 0.191 e. The molecule has 7 heteroatoms. The molecule has 1 fully saturated rings. The molecule has 30 heavy (non-hydrogen) atoms. The second-order valence-corrected chi connectivity index (χ2v) is 7.46. The van der Waals surface area contributed by atoms with E-state index in [9.17, 15) is 0 Å². The SMILES string of the molecule is CCN1CCN(c2cc(CNC(=NC)NCCOc3ccc(C)cc3)ccn2)CC1. The van der Waals surface area contributed by atoms with Crippen molar-refractivity contribution in [1.82, 2.24) is 20.5 Å². The first-order valence-corrected chi connectivity index (χ1v) is 10.7. The van der Waals surface area contributed by atoms with Crippen molar-refractivity contribution >= 4 is 11.8 Å². The molecule has 1 aromatic carbocycles. The number of aryl methyl sites for hydroxylation is 1. The summed E-state index contributed by atoms with van der Waals surface area (Å²) in [6, 6.07) is 12.3. The molecule has 0 saturated carbocycles. The largest absolute Gasteiger partial charge is 0.492 e. The van der Waals surface area contributed by atoms with Gasteiger partial charge in [0.05, 0.1) is 6.54 Å². The standard InChI is InChI=1S/C23H34N6O/c1-4-28-12-14-29(15-13-28)22-17-20(9-10-25-22)18-27-23(24-3)26-11-16-30-21-7-5-19(2)6-8-21/h5-10,17H,4,11-16,18H2,1-3H3,(H2,24,26,27). The highest BCUT2D eigenvalue weighted by Gasteiger charge is 2.16. The third kappa shape index (κ3) is 6.62. The van der Waals surface area contributed by atoms with Crippen molar-refractivity contribution in [3.63, 3.8) is 0 Å². The molecule has 0 atom stereocenters. The number of guanidine groups is 1. The molecule has 0 spiro atoms. The van der Waals surface area contributed by atoms with Gasteiger partial charge in [0.15, 0.2) is 5.96 Å². The number of nitrogens with one attached hydrogen (secondary N) is 2. The van der Waals surface area contributed by atoms with Crippen molar-refractivity contribution in [3.8, 4) is 5.75 Å². The summed E-state index contributed by atoms with van der Waals surface area (Å²) in [4.78, 5) is 13.7. The van der Waals surface area contributed by atoms with Crippen molar-refractivity contribution in [3.05, 3.63) is 53.7 Å². The maximum absolute atomic E-state index is 5.75. The van der Waals surface area contributed by atoms with Gasteiger partial charge < -0.3 is 25.2 Å². The third-order valence-corrected chi connectivity index (χ3v) is 5.32. The molecule has 0 aliphatic carbocycles. The number of piperazine rings is 1. The van der Waals surface area contributed by atoms with Crippen LogP contribution in [0, 0.1) is 6.92 Å². The van der Waals surface area contributed by atoms with Gasteiger partial charge >= 0.3 is 0 Å². The van der Waals surface area contributed by atoms with Gasteiger partial charge in [0.1, 0.15) is 18.2 Å². The average Bonchev–Trinajstić information content (AvgIpc) is 2.80. The molecule has 7 nitrogen and oxygen atoms in total. The van der Waals surface area contributed by atoms with E-state index in [1.54, 1.807) is 7.05 Å². The zero-order chi connectivity index (χ0) is 21.2. The molecule has 2 N–H and O–H groups in total. The van der Waals surface area contributed by atoms with E-state index in [1.807, 2.05) is 24.4 Å². The molecule has 2 aromatic rings. The number of benzene rings is 1. The molecule has 1 saturated heterocycles. The van der Waals surface area contributed by atoms with Crippen LogP contribution in [0.3, 0.4) is 0 Å². The molecule has 1 aliphatic heterocycles. The molecule has 1 aromatic heterocycles. The minimum Gasteiger partial charge on any atom is -0.492 e. The first-order chi connectivity index (χ1) is 14.7. The molecule has 0 radical (unpaired) electrons. The lowest BCUT2D eigenvalue weighted by Crippen LogP contribution is -2.46. The maximum atomic E-state index is 5.75. The molecule has 0 bridgehead atoms. The summed E-state index contributed by atoms with van der Waals surface area (Å²) in [5, 5.41) is 6.66. The minimum absolute atomic E-state index is 0.576. The van der Waals surface area contributed by atoms with Crippen molar-refractivity contribution < 1.29 is 4.74 Å². The van der Waals surface area contributed by atoms with Gasteiger partial charge in [-0.1, -0.05) is 24.6 Å². The van der Waals surface area contributed by atoms with Crippen LogP contribution in [0.5, 0.6) is 5.75 Å². The van der Waals surface area contributed by atoms with E-state index >= 15 is 0 Å². The van der Waals surface area contributed by atoms with Gasteiger partial charge in [0.25, 0.3) is 0 Å². The number of anilines is 1. The number of hydrogen-bond donors (Lipinski definition) is 2. The summed E-state index contributed by atoms with van der Waals surface area (Å²) >= 11 is 0. The highest BCUT2D eigenvalue weighted by Crippen LogP contribution is 2.15. The lowest BCUT2D eigenvalue weighted by Gasteiger charge is -2.34. The number of ether oxygens (including phenoxy) is 1. The van der Waals surface area contributed by atoms with Gasteiger partial charge in [-0.2, -0.15) is 0 Å². The normalized spacial score (nSPS) is 15.2. The second-order valence-electron chi connectivity index (χ2n) is 7.46. The summed E-state index contributed by atoms with van der Waals surface area (Å²) < 4.78 is 5.75. The fourth-order valence-electron chi connectivity index (χ4n) is 3.42. The summed E-state index contributed by atoms with van der Waals surface area (Å²) in [6.45, 7) is 11.6. The van der Waals surface area contributed by atoms with Crippen LogP contribution >= 0.6 is 0 Å². The number of hydrogen-bond acceptors (Lipinski definition) is 5. The Balaban J connectivity index is 1.41. The molecule has 1 aliphatic rings. The topological polar surface area (TPSA) is 65.0 Å². The van der Waals surface area contributed by atoms with E-state index in [-0.39, 0.29) is 0 Å². The average molecular weight is 411 g/mol. The van der Waals surface area contributed by atoms with Crippen LogP contribution in [0.25, 0.3) is 0 Å². The van der Waals surface area contributed by atoms with Crippen LogP contribution < -0.4 is 20.3 Å². The monoisotopic (exact) mass is 410 g/mol. The zero-order valence-corrected chi connectivity index (χ0v) is 18.4. The van der Waals surface area contributed by atoms with Gasteiger partial charge in [0, 0.05) is 46.0 Å². The molecule has 2 heterocycles.